The maximum absolute atomic E-state index is 14.2. The summed E-state index contributed by atoms with van der Waals surface area (Å²) in [6.45, 7) is 7.17. The van der Waals surface area contributed by atoms with Gasteiger partial charge in [-0.25, -0.2) is 0 Å². The number of phenolic OH excluding ortho intramolecular Hbond substituents is 1. The molecule has 0 aliphatic heterocycles. The lowest BCUT2D eigenvalue weighted by atomic mass is 9.54. The van der Waals surface area contributed by atoms with Crippen LogP contribution in [0.2, 0.25) is 0 Å². The number of aliphatic hydroxyl groups excluding tert-OH is 2. The van der Waals surface area contributed by atoms with E-state index in [2.05, 4.69) is 43.0 Å². The highest BCUT2D eigenvalue weighted by molar-refractivity contribution is 6.25. The molecule has 3 aliphatic rings. The standard InChI is InChI=1S/C38H45N3O7/c1-5-15-41(16-6-2)19-20-11-12-24(23-10-8-7-9-22(20)23)25-13-14-28(42)30-26(25)17-21-18-27-32(40(3)4)34(44)31(37(39)47)36(46)38(27,48)35(45)29(21)33(30)43/h7-14,21,27,31-32,34,42-44,48H,5-6,15-19H2,1-4H3,(H2,39,47)/t21-,27-,31?,32-,34?,38-/m1/s1. The van der Waals surface area contributed by atoms with Crippen LogP contribution in [0.15, 0.2) is 54.1 Å². The highest BCUT2D eigenvalue weighted by Crippen LogP contribution is 2.53. The second-order valence-corrected chi connectivity index (χ2v) is 13.9. The molecule has 10 heteroatoms. The molecule has 0 heterocycles. The zero-order valence-corrected chi connectivity index (χ0v) is 27.9. The summed E-state index contributed by atoms with van der Waals surface area (Å²) in [5.41, 5.74) is 6.29. The molecule has 0 saturated heterocycles. The van der Waals surface area contributed by atoms with Crippen molar-refractivity contribution in [2.45, 2.75) is 63.8 Å². The van der Waals surface area contributed by atoms with Gasteiger partial charge < -0.3 is 31.1 Å². The summed E-state index contributed by atoms with van der Waals surface area (Å²) in [6, 6.07) is 14.8. The lowest BCUT2D eigenvalue weighted by molar-refractivity contribution is -0.184. The maximum Gasteiger partial charge on any atom is 0.230 e. The third-order valence-corrected chi connectivity index (χ3v) is 10.8. The number of carbonyl (C=O) groups excluding carboxylic acids is 3. The van der Waals surface area contributed by atoms with E-state index in [4.69, 9.17) is 5.73 Å². The lowest BCUT2D eigenvalue weighted by Crippen LogP contribution is -2.73. The van der Waals surface area contributed by atoms with Gasteiger partial charge in [-0.1, -0.05) is 56.3 Å². The molecular weight excluding hydrogens is 610 g/mol. The van der Waals surface area contributed by atoms with Crippen LogP contribution in [0.3, 0.4) is 0 Å². The summed E-state index contributed by atoms with van der Waals surface area (Å²) in [7, 11) is 3.28. The number of ketones is 2. The van der Waals surface area contributed by atoms with Crippen molar-refractivity contribution in [2.75, 3.05) is 27.2 Å². The smallest absolute Gasteiger partial charge is 0.230 e. The molecule has 6 atom stereocenters. The van der Waals surface area contributed by atoms with Crippen LogP contribution in [-0.2, 0) is 27.3 Å². The number of Topliss-reactive ketones (excluding diaryl/α,β-unsaturated/α-hetero) is 2. The molecule has 0 aromatic heterocycles. The Kier molecular flexibility index (Phi) is 8.97. The number of primary amides is 1. The monoisotopic (exact) mass is 655 g/mol. The van der Waals surface area contributed by atoms with Crippen LogP contribution >= 0.6 is 0 Å². The fourth-order valence-electron chi connectivity index (χ4n) is 8.73. The number of aliphatic hydroxyl groups is 3. The van der Waals surface area contributed by atoms with Crippen LogP contribution in [0.1, 0.15) is 49.8 Å². The minimum Gasteiger partial charge on any atom is -0.507 e. The predicted octanol–water partition coefficient (Wildman–Crippen LogP) is 3.57. The summed E-state index contributed by atoms with van der Waals surface area (Å²) in [5.74, 6) is -7.57. The van der Waals surface area contributed by atoms with Crippen LogP contribution in [0.5, 0.6) is 5.75 Å². The number of aromatic hydroxyl groups is 1. The number of likely N-dealkylation sites (N-methyl/N-ethyl adjacent to an activating group) is 1. The zero-order valence-electron chi connectivity index (χ0n) is 27.9. The number of nitrogens with zero attached hydrogens (tertiary/aromatic N) is 2. The van der Waals surface area contributed by atoms with Crippen molar-refractivity contribution >= 4 is 34.0 Å². The molecule has 2 saturated carbocycles. The first-order valence-electron chi connectivity index (χ1n) is 16.8. The van der Waals surface area contributed by atoms with E-state index in [0.717, 1.165) is 54.4 Å². The summed E-state index contributed by atoms with van der Waals surface area (Å²) in [6.07, 6.45) is 0.887. The van der Waals surface area contributed by atoms with E-state index < -0.39 is 58.7 Å². The van der Waals surface area contributed by atoms with Gasteiger partial charge in [-0.15, -0.1) is 0 Å². The van der Waals surface area contributed by atoms with E-state index in [9.17, 15) is 34.8 Å². The minimum atomic E-state index is -2.69. The van der Waals surface area contributed by atoms with Gasteiger partial charge >= 0.3 is 0 Å². The Morgan fingerprint density at radius 2 is 1.60 bits per heavy atom. The largest absolute Gasteiger partial charge is 0.507 e. The van der Waals surface area contributed by atoms with Gasteiger partial charge in [-0.2, -0.15) is 0 Å². The molecule has 48 heavy (non-hydrogen) atoms. The lowest BCUT2D eigenvalue weighted by Gasteiger charge is -2.53. The van der Waals surface area contributed by atoms with Crippen molar-refractivity contribution in [2.24, 2.45) is 23.5 Å². The Morgan fingerprint density at radius 3 is 2.23 bits per heavy atom. The molecular formula is C38H45N3O7. The molecule has 1 amide bonds. The van der Waals surface area contributed by atoms with Crippen LogP contribution < -0.4 is 5.73 Å². The molecule has 2 fully saturated rings. The highest BCUT2D eigenvalue weighted by atomic mass is 16.3. The Morgan fingerprint density at radius 1 is 0.958 bits per heavy atom. The summed E-state index contributed by atoms with van der Waals surface area (Å²) in [5, 5.41) is 48.1. The fourth-order valence-corrected chi connectivity index (χ4v) is 8.73. The van der Waals surface area contributed by atoms with E-state index in [-0.39, 0.29) is 29.7 Å². The number of rotatable bonds is 9. The molecule has 3 aromatic rings. The average Bonchev–Trinajstić information content (AvgIpc) is 3.03. The van der Waals surface area contributed by atoms with E-state index >= 15 is 0 Å². The molecule has 10 nitrogen and oxygen atoms in total. The topological polar surface area (TPSA) is 165 Å². The van der Waals surface area contributed by atoms with Crippen molar-refractivity contribution in [1.29, 1.82) is 0 Å². The van der Waals surface area contributed by atoms with Crippen molar-refractivity contribution < 1.29 is 34.8 Å². The Hall–Kier alpha value is -4.09. The van der Waals surface area contributed by atoms with Crippen LogP contribution in [0, 0.1) is 17.8 Å². The van der Waals surface area contributed by atoms with Gasteiger partial charge in [0.1, 0.15) is 17.4 Å². The third-order valence-electron chi connectivity index (χ3n) is 10.8. The van der Waals surface area contributed by atoms with Crippen LogP contribution in [0.4, 0.5) is 0 Å². The first-order chi connectivity index (χ1) is 22.9. The number of phenols is 1. The van der Waals surface area contributed by atoms with Crippen molar-refractivity contribution in [1.82, 2.24) is 9.80 Å². The van der Waals surface area contributed by atoms with E-state index in [1.165, 1.54) is 11.6 Å². The molecule has 0 radical (unpaired) electrons. The molecule has 0 bridgehead atoms. The Balaban J connectivity index is 1.49. The molecule has 254 valence electrons. The number of carbonyl (C=O) groups is 3. The second-order valence-electron chi connectivity index (χ2n) is 13.9. The van der Waals surface area contributed by atoms with Gasteiger partial charge in [0.2, 0.25) is 11.7 Å². The number of amides is 1. The van der Waals surface area contributed by atoms with E-state index in [1.54, 1.807) is 19.0 Å². The average molecular weight is 656 g/mol. The van der Waals surface area contributed by atoms with Gasteiger partial charge in [0.05, 0.1) is 11.7 Å². The van der Waals surface area contributed by atoms with Crippen molar-refractivity contribution in [3.05, 3.63) is 70.8 Å². The van der Waals surface area contributed by atoms with Crippen molar-refractivity contribution in [3.63, 3.8) is 0 Å². The van der Waals surface area contributed by atoms with Gasteiger partial charge in [0.25, 0.3) is 0 Å². The van der Waals surface area contributed by atoms with Gasteiger partial charge in [0.15, 0.2) is 11.4 Å². The summed E-state index contributed by atoms with van der Waals surface area (Å²) in [4.78, 5) is 44.2. The number of hydrogen-bond donors (Lipinski definition) is 5. The van der Waals surface area contributed by atoms with E-state index in [1.807, 2.05) is 18.2 Å². The molecule has 2 unspecified atom stereocenters. The number of hydrogen-bond acceptors (Lipinski definition) is 9. The predicted molar refractivity (Wildman–Crippen MR) is 183 cm³/mol. The summed E-state index contributed by atoms with van der Waals surface area (Å²) >= 11 is 0. The first kappa shape index (κ1) is 33.8. The third kappa shape index (κ3) is 5.13. The van der Waals surface area contributed by atoms with Gasteiger partial charge in [-0.3, -0.25) is 19.3 Å². The number of nitrogens with two attached hydrogens (primary N) is 1. The number of fused-ring (bicyclic) bond motifs is 4. The molecule has 3 aliphatic carbocycles. The normalized spacial score (nSPS) is 27.0. The Bertz CT molecular complexity index is 1830. The summed E-state index contributed by atoms with van der Waals surface area (Å²) < 4.78 is 0. The SMILES string of the molecule is CCCN(CCC)Cc1ccc(-c2ccc(O)c3c2C[C@@H]2C[C@@H]4[C@@H](N(C)C)C(O)C(C(N)=O)C(=O)[C@]4(O)C(=O)C2=C3O)c2ccccc12. The molecule has 6 rings (SSSR count). The van der Waals surface area contributed by atoms with E-state index in [0.29, 0.717) is 5.56 Å². The van der Waals surface area contributed by atoms with Crippen LogP contribution in [0.25, 0.3) is 27.7 Å². The molecule has 6 N–H and O–H groups in total. The maximum atomic E-state index is 14.2. The van der Waals surface area contributed by atoms with Crippen molar-refractivity contribution in [3.8, 4) is 16.9 Å². The Labute approximate surface area is 280 Å². The zero-order chi connectivity index (χ0) is 34.7. The van der Waals surface area contributed by atoms with Gasteiger partial charge in [0, 0.05) is 24.1 Å². The quantitative estimate of drug-likeness (QED) is 0.217. The first-order valence-corrected chi connectivity index (χ1v) is 16.8. The number of benzene rings is 3. The van der Waals surface area contributed by atoms with Gasteiger partial charge in [-0.05, 0) is 97.9 Å². The molecule has 3 aromatic carbocycles. The highest BCUT2D eigenvalue weighted by Gasteiger charge is 2.67. The minimum absolute atomic E-state index is 0.0671. The fraction of sp³-hybridized carbons (Fsp3) is 0.447. The molecule has 0 spiro atoms. The van der Waals surface area contributed by atoms with Crippen LogP contribution in [-0.4, -0.2) is 92.6 Å². The second kappa shape index (κ2) is 12.7.